The SMILES string of the molecule is Cl.OCc1nc[nH]c1-c1ccccc1. The molecule has 0 bridgehead atoms. The molecule has 14 heavy (non-hydrogen) atoms. The maximum atomic E-state index is 8.99. The van der Waals surface area contributed by atoms with Crippen molar-refractivity contribution >= 4 is 12.4 Å². The van der Waals surface area contributed by atoms with Crippen molar-refractivity contribution in [1.82, 2.24) is 9.97 Å². The van der Waals surface area contributed by atoms with Crippen LogP contribution in [0.15, 0.2) is 36.7 Å². The second-order valence-electron chi connectivity index (χ2n) is 2.75. The number of hydrogen-bond acceptors (Lipinski definition) is 2. The number of halogens is 1. The molecule has 0 saturated heterocycles. The number of aromatic amines is 1. The van der Waals surface area contributed by atoms with Crippen LogP contribution in [0.5, 0.6) is 0 Å². The van der Waals surface area contributed by atoms with Crippen molar-refractivity contribution in [2.24, 2.45) is 0 Å². The Bertz CT molecular complexity index is 386. The van der Waals surface area contributed by atoms with Crippen LogP contribution in [-0.2, 0) is 6.61 Å². The van der Waals surface area contributed by atoms with Crippen LogP contribution in [0.4, 0.5) is 0 Å². The van der Waals surface area contributed by atoms with Crippen LogP contribution in [-0.4, -0.2) is 15.1 Å². The Hall–Kier alpha value is -1.32. The number of H-pyrrole nitrogens is 1. The number of aliphatic hydroxyl groups excluding tert-OH is 1. The number of rotatable bonds is 2. The Labute approximate surface area is 88.2 Å². The van der Waals surface area contributed by atoms with Crippen molar-refractivity contribution in [3.05, 3.63) is 42.4 Å². The van der Waals surface area contributed by atoms with Gasteiger partial charge in [0.15, 0.2) is 0 Å². The summed E-state index contributed by atoms with van der Waals surface area (Å²) in [5, 5.41) is 8.99. The van der Waals surface area contributed by atoms with E-state index in [-0.39, 0.29) is 19.0 Å². The number of nitrogens with zero attached hydrogens (tertiary/aromatic N) is 1. The Morgan fingerprint density at radius 2 is 1.93 bits per heavy atom. The van der Waals surface area contributed by atoms with E-state index in [1.54, 1.807) is 6.33 Å². The van der Waals surface area contributed by atoms with E-state index in [4.69, 9.17) is 5.11 Å². The average molecular weight is 211 g/mol. The van der Waals surface area contributed by atoms with Crippen molar-refractivity contribution in [2.75, 3.05) is 0 Å². The lowest BCUT2D eigenvalue weighted by molar-refractivity contribution is 0.278. The molecule has 1 aromatic carbocycles. The number of hydrogen-bond donors (Lipinski definition) is 2. The monoisotopic (exact) mass is 210 g/mol. The van der Waals surface area contributed by atoms with E-state index in [9.17, 15) is 0 Å². The van der Waals surface area contributed by atoms with Crippen LogP contribution >= 0.6 is 12.4 Å². The molecule has 0 saturated carbocycles. The molecule has 74 valence electrons. The number of benzene rings is 1. The zero-order chi connectivity index (χ0) is 9.10. The Morgan fingerprint density at radius 1 is 1.21 bits per heavy atom. The van der Waals surface area contributed by atoms with Gasteiger partial charge >= 0.3 is 0 Å². The van der Waals surface area contributed by atoms with E-state index >= 15 is 0 Å². The summed E-state index contributed by atoms with van der Waals surface area (Å²) < 4.78 is 0. The quantitative estimate of drug-likeness (QED) is 0.797. The molecular weight excluding hydrogens is 200 g/mol. The average Bonchev–Trinajstić information content (AvgIpc) is 2.67. The predicted molar refractivity (Wildman–Crippen MR) is 57.2 cm³/mol. The van der Waals surface area contributed by atoms with Gasteiger partial charge in [-0.25, -0.2) is 4.98 Å². The van der Waals surface area contributed by atoms with Gasteiger partial charge in [0, 0.05) is 0 Å². The highest BCUT2D eigenvalue weighted by molar-refractivity contribution is 5.85. The first kappa shape index (κ1) is 10.8. The normalized spacial score (nSPS) is 9.50. The largest absolute Gasteiger partial charge is 0.390 e. The molecule has 0 amide bonds. The molecule has 0 fully saturated rings. The van der Waals surface area contributed by atoms with E-state index in [1.165, 1.54) is 0 Å². The first-order valence-electron chi connectivity index (χ1n) is 4.10. The topological polar surface area (TPSA) is 48.9 Å². The van der Waals surface area contributed by atoms with Crippen LogP contribution in [0, 0.1) is 0 Å². The molecule has 4 heteroatoms. The van der Waals surface area contributed by atoms with Gasteiger partial charge in [0.1, 0.15) is 0 Å². The van der Waals surface area contributed by atoms with Gasteiger partial charge in [0.2, 0.25) is 0 Å². The second-order valence-corrected chi connectivity index (χ2v) is 2.75. The molecule has 3 nitrogen and oxygen atoms in total. The molecule has 0 aliphatic heterocycles. The number of aromatic nitrogens is 2. The Morgan fingerprint density at radius 3 is 2.57 bits per heavy atom. The molecule has 0 spiro atoms. The standard InChI is InChI=1S/C10H10N2O.ClH/c13-6-9-10(12-7-11-9)8-4-2-1-3-5-8;/h1-5,7,13H,6H2,(H,11,12);1H. The van der Waals surface area contributed by atoms with Crippen molar-refractivity contribution in [1.29, 1.82) is 0 Å². The molecule has 0 atom stereocenters. The lowest BCUT2D eigenvalue weighted by Crippen LogP contribution is -1.87. The van der Waals surface area contributed by atoms with Gasteiger partial charge in [-0.15, -0.1) is 12.4 Å². The predicted octanol–water partition coefficient (Wildman–Crippen LogP) is 1.99. The van der Waals surface area contributed by atoms with Gasteiger partial charge in [-0.2, -0.15) is 0 Å². The van der Waals surface area contributed by atoms with Gasteiger partial charge in [-0.05, 0) is 5.56 Å². The third kappa shape index (κ3) is 1.95. The van der Waals surface area contributed by atoms with Crippen LogP contribution in [0.2, 0.25) is 0 Å². The first-order valence-corrected chi connectivity index (χ1v) is 4.10. The molecule has 0 aliphatic carbocycles. The molecule has 0 radical (unpaired) electrons. The minimum Gasteiger partial charge on any atom is -0.390 e. The van der Waals surface area contributed by atoms with E-state index in [0.29, 0.717) is 5.69 Å². The molecule has 1 aromatic heterocycles. The highest BCUT2D eigenvalue weighted by atomic mass is 35.5. The van der Waals surface area contributed by atoms with Crippen molar-refractivity contribution in [3.8, 4) is 11.3 Å². The van der Waals surface area contributed by atoms with Gasteiger partial charge in [-0.1, -0.05) is 30.3 Å². The fourth-order valence-corrected chi connectivity index (χ4v) is 1.30. The highest BCUT2D eigenvalue weighted by Crippen LogP contribution is 2.19. The molecule has 2 rings (SSSR count). The highest BCUT2D eigenvalue weighted by Gasteiger charge is 2.05. The Kier molecular flexibility index (Phi) is 3.68. The summed E-state index contributed by atoms with van der Waals surface area (Å²) in [7, 11) is 0. The number of imidazole rings is 1. The van der Waals surface area contributed by atoms with E-state index < -0.39 is 0 Å². The van der Waals surface area contributed by atoms with Crippen molar-refractivity contribution in [3.63, 3.8) is 0 Å². The number of nitrogens with one attached hydrogen (secondary N) is 1. The fourth-order valence-electron chi connectivity index (χ4n) is 1.30. The molecule has 2 aromatic rings. The maximum absolute atomic E-state index is 8.99. The number of aliphatic hydroxyl groups is 1. The second kappa shape index (κ2) is 4.79. The van der Waals surface area contributed by atoms with E-state index in [2.05, 4.69) is 9.97 Å². The molecule has 1 heterocycles. The van der Waals surface area contributed by atoms with Gasteiger partial charge < -0.3 is 10.1 Å². The summed E-state index contributed by atoms with van der Waals surface area (Å²) in [6.45, 7) is -0.0340. The molecule has 2 N–H and O–H groups in total. The summed E-state index contributed by atoms with van der Waals surface area (Å²) in [6.07, 6.45) is 1.59. The first-order chi connectivity index (χ1) is 6.42. The van der Waals surface area contributed by atoms with Crippen molar-refractivity contribution < 1.29 is 5.11 Å². The summed E-state index contributed by atoms with van der Waals surface area (Å²) in [5.74, 6) is 0. The lowest BCUT2D eigenvalue weighted by atomic mass is 10.1. The fraction of sp³-hybridized carbons (Fsp3) is 0.100. The van der Waals surface area contributed by atoms with Crippen LogP contribution in [0.3, 0.4) is 0 Å². The zero-order valence-corrected chi connectivity index (χ0v) is 8.29. The van der Waals surface area contributed by atoms with E-state index in [1.807, 2.05) is 30.3 Å². The third-order valence-electron chi connectivity index (χ3n) is 1.93. The zero-order valence-electron chi connectivity index (χ0n) is 7.47. The van der Waals surface area contributed by atoms with Crippen LogP contribution in [0.25, 0.3) is 11.3 Å². The lowest BCUT2D eigenvalue weighted by Gasteiger charge is -1.98. The van der Waals surface area contributed by atoms with E-state index in [0.717, 1.165) is 11.3 Å². The minimum atomic E-state index is -0.0340. The minimum absolute atomic E-state index is 0. The summed E-state index contributed by atoms with van der Waals surface area (Å²) >= 11 is 0. The molecular formula is C10H11ClN2O. The summed E-state index contributed by atoms with van der Waals surface area (Å²) in [4.78, 5) is 7.01. The summed E-state index contributed by atoms with van der Waals surface area (Å²) in [5.41, 5.74) is 2.62. The van der Waals surface area contributed by atoms with Gasteiger partial charge in [-0.3, -0.25) is 0 Å². The smallest absolute Gasteiger partial charge is 0.0929 e. The van der Waals surface area contributed by atoms with Gasteiger partial charge in [0.05, 0.1) is 24.3 Å². The van der Waals surface area contributed by atoms with Crippen LogP contribution in [0.1, 0.15) is 5.69 Å². The van der Waals surface area contributed by atoms with Crippen molar-refractivity contribution in [2.45, 2.75) is 6.61 Å². The third-order valence-corrected chi connectivity index (χ3v) is 1.93. The van der Waals surface area contributed by atoms with Gasteiger partial charge in [0.25, 0.3) is 0 Å². The Balaban J connectivity index is 0.000000980. The van der Waals surface area contributed by atoms with Crippen LogP contribution < -0.4 is 0 Å². The molecule has 0 unspecified atom stereocenters. The molecule has 0 aliphatic rings. The summed E-state index contributed by atoms with van der Waals surface area (Å²) in [6, 6.07) is 9.83. The maximum Gasteiger partial charge on any atom is 0.0929 e.